The highest BCUT2D eigenvalue weighted by molar-refractivity contribution is 7.21. The molecule has 0 bridgehead atoms. The second-order valence-electron chi connectivity index (χ2n) is 6.06. The Morgan fingerprint density at radius 3 is 2.88 bits per heavy atom. The topological polar surface area (TPSA) is 52.9 Å². The Morgan fingerprint density at radius 2 is 2.12 bits per heavy atom. The summed E-state index contributed by atoms with van der Waals surface area (Å²) >= 11 is 3.40. The molecule has 1 aliphatic heterocycles. The van der Waals surface area contributed by atoms with Crippen LogP contribution in [-0.2, 0) is 4.79 Å². The van der Waals surface area contributed by atoms with Crippen molar-refractivity contribution in [3.8, 4) is 15.8 Å². The Labute approximate surface area is 148 Å². The van der Waals surface area contributed by atoms with Crippen LogP contribution in [0, 0.1) is 11.3 Å². The van der Waals surface area contributed by atoms with Crippen LogP contribution in [0.5, 0.6) is 0 Å². The molecule has 0 saturated carbocycles. The van der Waals surface area contributed by atoms with E-state index < -0.39 is 0 Å². The highest BCUT2D eigenvalue weighted by Gasteiger charge is 2.36. The van der Waals surface area contributed by atoms with Crippen molar-refractivity contribution in [1.29, 1.82) is 5.26 Å². The van der Waals surface area contributed by atoms with Gasteiger partial charge >= 0.3 is 0 Å². The number of ketones is 1. The Balaban J connectivity index is 1.83. The first kappa shape index (κ1) is 15.4. The van der Waals surface area contributed by atoms with Gasteiger partial charge in [0.1, 0.15) is 0 Å². The van der Waals surface area contributed by atoms with Gasteiger partial charge in [0, 0.05) is 38.0 Å². The molecule has 3 heterocycles. The SMILES string of the molecule is CC1=C(C#N)C(c2ccc(-c3cccs3)s2)C2=C(CCCC2=O)N1. The molecule has 1 atom stereocenters. The maximum atomic E-state index is 12.6. The van der Waals surface area contributed by atoms with E-state index in [2.05, 4.69) is 35.0 Å². The largest absolute Gasteiger partial charge is 0.361 e. The summed E-state index contributed by atoms with van der Waals surface area (Å²) in [5.74, 6) is -0.0298. The van der Waals surface area contributed by atoms with Gasteiger partial charge in [-0.25, -0.2) is 0 Å². The fourth-order valence-electron chi connectivity index (χ4n) is 3.48. The van der Waals surface area contributed by atoms with E-state index in [0.717, 1.165) is 34.7 Å². The minimum atomic E-state index is -0.210. The number of rotatable bonds is 2. The molecular weight excluding hydrogens is 336 g/mol. The van der Waals surface area contributed by atoms with Crippen molar-refractivity contribution in [1.82, 2.24) is 5.32 Å². The van der Waals surface area contributed by atoms with Crippen molar-refractivity contribution >= 4 is 28.5 Å². The summed E-state index contributed by atoms with van der Waals surface area (Å²) in [5, 5.41) is 15.1. The summed E-state index contributed by atoms with van der Waals surface area (Å²) in [4.78, 5) is 16.1. The van der Waals surface area contributed by atoms with Crippen molar-refractivity contribution in [2.24, 2.45) is 0 Å². The smallest absolute Gasteiger partial charge is 0.161 e. The van der Waals surface area contributed by atoms with Crippen LogP contribution in [0.3, 0.4) is 0 Å². The van der Waals surface area contributed by atoms with E-state index in [-0.39, 0.29) is 11.7 Å². The molecule has 0 spiro atoms. The quantitative estimate of drug-likeness (QED) is 0.830. The molecule has 2 aromatic heterocycles. The monoisotopic (exact) mass is 352 g/mol. The van der Waals surface area contributed by atoms with E-state index in [1.165, 1.54) is 9.75 Å². The minimum Gasteiger partial charge on any atom is -0.361 e. The first-order chi connectivity index (χ1) is 11.7. The molecule has 0 fully saturated rings. The lowest BCUT2D eigenvalue weighted by Crippen LogP contribution is -2.30. The van der Waals surface area contributed by atoms with Crippen LogP contribution in [-0.4, -0.2) is 5.78 Å². The van der Waals surface area contributed by atoms with Gasteiger partial charge in [0.25, 0.3) is 0 Å². The van der Waals surface area contributed by atoms with E-state index in [1.807, 2.05) is 13.0 Å². The zero-order chi connectivity index (χ0) is 16.7. The second-order valence-corrected chi connectivity index (χ2v) is 8.12. The molecule has 1 N–H and O–H groups in total. The minimum absolute atomic E-state index is 0.181. The normalized spacial score (nSPS) is 20.7. The number of Topliss-reactive ketones (excluding diaryl/α,β-unsaturated/α-hetero) is 1. The zero-order valence-corrected chi connectivity index (χ0v) is 14.9. The maximum Gasteiger partial charge on any atom is 0.161 e. The number of thiophene rings is 2. The Hall–Kier alpha value is -2.16. The predicted octanol–water partition coefficient (Wildman–Crippen LogP) is 4.97. The Kier molecular flexibility index (Phi) is 3.87. The standard InChI is InChI=1S/C19H16N2OS2/c1-11-12(10-20)18(19-13(21-11)4-2-5-14(19)22)17-8-7-16(24-17)15-6-3-9-23-15/h3,6-9,18,21H,2,4-5H2,1H3. The van der Waals surface area contributed by atoms with Crippen LogP contribution in [0.1, 0.15) is 37.0 Å². The molecule has 5 heteroatoms. The Morgan fingerprint density at radius 1 is 1.25 bits per heavy atom. The summed E-state index contributed by atoms with van der Waals surface area (Å²) < 4.78 is 0. The lowest BCUT2D eigenvalue weighted by molar-refractivity contribution is -0.116. The maximum absolute atomic E-state index is 12.6. The third-order valence-corrected chi connectivity index (χ3v) is 6.79. The number of hydrogen-bond donors (Lipinski definition) is 1. The van der Waals surface area contributed by atoms with E-state index in [0.29, 0.717) is 12.0 Å². The summed E-state index contributed by atoms with van der Waals surface area (Å²) in [5.41, 5.74) is 3.37. The third kappa shape index (κ3) is 2.43. The first-order valence-electron chi connectivity index (χ1n) is 7.96. The number of nitrogens with zero attached hydrogens (tertiary/aromatic N) is 1. The van der Waals surface area contributed by atoms with E-state index in [9.17, 15) is 10.1 Å². The fourth-order valence-corrected chi connectivity index (χ4v) is 5.44. The van der Waals surface area contributed by atoms with Gasteiger partial charge in [-0.15, -0.1) is 22.7 Å². The van der Waals surface area contributed by atoms with E-state index in [4.69, 9.17) is 0 Å². The first-order valence-corrected chi connectivity index (χ1v) is 9.66. The predicted molar refractivity (Wildman–Crippen MR) is 97.7 cm³/mol. The summed E-state index contributed by atoms with van der Waals surface area (Å²) in [6.45, 7) is 1.93. The van der Waals surface area contributed by atoms with Crippen LogP contribution in [0.15, 0.2) is 52.2 Å². The fraction of sp³-hybridized carbons (Fsp3) is 0.263. The molecule has 3 nitrogen and oxygen atoms in total. The number of nitriles is 1. The van der Waals surface area contributed by atoms with Gasteiger partial charge in [-0.1, -0.05) is 6.07 Å². The number of dihydropyridines is 1. The molecule has 120 valence electrons. The molecule has 0 radical (unpaired) electrons. The zero-order valence-electron chi connectivity index (χ0n) is 13.3. The molecule has 2 aliphatic rings. The molecule has 2 aromatic rings. The van der Waals surface area contributed by atoms with Gasteiger partial charge in [-0.05, 0) is 43.3 Å². The van der Waals surface area contributed by atoms with Gasteiger partial charge in [0.05, 0.1) is 17.6 Å². The van der Waals surface area contributed by atoms with Crippen LogP contribution in [0.25, 0.3) is 9.75 Å². The van der Waals surface area contributed by atoms with E-state index >= 15 is 0 Å². The lowest BCUT2D eigenvalue weighted by Gasteiger charge is -2.31. The molecule has 1 aliphatic carbocycles. The van der Waals surface area contributed by atoms with Gasteiger partial charge in [-0.3, -0.25) is 4.79 Å². The molecule has 0 amide bonds. The molecule has 1 unspecified atom stereocenters. The van der Waals surface area contributed by atoms with Crippen LogP contribution in [0.4, 0.5) is 0 Å². The molecule has 0 aromatic carbocycles. The van der Waals surface area contributed by atoms with Gasteiger partial charge in [0.15, 0.2) is 5.78 Å². The summed E-state index contributed by atoms with van der Waals surface area (Å²) in [6, 6.07) is 10.7. The molecule has 4 rings (SSSR count). The van der Waals surface area contributed by atoms with Crippen molar-refractivity contribution < 1.29 is 4.79 Å². The average molecular weight is 352 g/mol. The van der Waals surface area contributed by atoms with Crippen LogP contribution >= 0.6 is 22.7 Å². The van der Waals surface area contributed by atoms with Crippen molar-refractivity contribution in [3.05, 3.63) is 57.1 Å². The molecular formula is C19H16N2OS2. The second kappa shape index (κ2) is 6.04. The number of nitrogens with one attached hydrogen (secondary N) is 1. The highest BCUT2D eigenvalue weighted by atomic mass is 32.1. The van der Waals surface area contributed by atoms with Crippen LogP contribution < -0.4 is 5.32 Å². The van der Waals surface area contributed by atoms with Gasteiger partial charge in [0.2, 0.25) is 0 Å². The summed E-state index contributed by atoms with van der Waals surface area (Å²) in [7, 11) is 0. The van der Waals surface area contributed by atoms with Gasteiger partial charge < -0.3 is 5.32 Å². The third-order valence-electron chi connectivity index (χ3n) is 4.57. The number of carbonyl (C=O) groups is 1. The van der Waals surface area contributed by atoms with Crippen molar-refractivity contribution in [3.63, 3.8) is 0 Å². The van der Waals surface area contributed by atoms with Crippen molar-refractivity contribution in [2.75, 3.05) is 0 Å². The lowest BCUT2D eigenvalue weighted by atomic mass is 9.78. The highest BCUT2D eigenvalue weighted by Crippen LogP contribution is 2.45. The van der Waals surface area contributed by atoms with Crippen molar-refractivity contribution in [2.45, 2.75) is 32.1 Å². The Bertz CT molecular complexity index is 910. The average Bonchev–Trinajstić information content (AvgIpc) is 3.25. The van der Waals surface area contributed by atoms with Crippen LogP contribution in [0.2, 0.25) is 0 Å². The molecule has 0 saturated heterocycles. The van der Waals surface area contributed by atoms with Gasteiger partial charge in [-0.2, -0.15) is 5.26 Å². The number of hydrogen-bond acceptors (Lipinski definition) is 5. The van der Waals surface area contributed by atoms with E-state index in [1.54, 1.807) is 22.7 Å². The number of allylic oxidation sites excluding steroid dienone is 4. The summed E-state index contributed by atoms with van der Waals surface area (Å²) in [6.07, 6.45) is 2.35. The number of carbonyl (C=O) groups excluding carboxylic acids is 1. The molecule has 24 heavy (non-hydrogen) atoms.